The Labute approximate surface area is 255 Å². The molecule has 8 nitrogen and oxygen atoms in total. The largest absolute Gasteiger partial charge is 0.361 e. The van der Waals surface area contributed by atoms with Crippen LogP contribution in [0.4, 0.5) is 0 Å². The fourth-order valence-corrected chi connectivity index (χ4v) is 5.95. The smallest absolute Gasteiger partial charge is 0.226 e. The number of carbonyl (C=O) groups excluding carboxylic acids is 1. The number of rotatable bonds is 11. The lowest BCUT2D eigenvalue weighted by atomic mass is 10.0. The zero-order valence-corrected chi connectivity index (χ0v) is 24.3. The van der Waals surface area contributed by atoms with Crippen molar-refractivity contribution >= 4 is 27.7 Å². The van der Waals surface area contributed by atoms with Crippen LogP contribution in [0.25, 0.3) is 21.8 Å². The molecular weight excluding hydrogens is 546 g/mol. The number of aryl methyl sites for hydroxylation is 2. The number of pyridine rings is 1. The molecule has 7 rings (SSSR count). The molecule has 0 unspecified atom stereocenters. The first-order chi connectivity index (χ1) is 21.7. The summed E-state index contributed by atoms with van der Waals surface area (Å²) in [6, 6.07) is 32.1. The van der Waals surface area contributed by atoms with Gasteiger partial charge in [-0.25, -0.2) is 0 Å². The Hall–Kier alpha value is -5.50. The maximum absolute atomic E-state index is 13.5. The van der Waals surface area contributed by atoms with Crippen LogP contribution in [0.3, 0.4) is 0 Å². The first kappa shape index (κ1) is 27.3. The summed E-state index contributed by atoms with van der Waals surface area (Å²) in [6.45, 7) is 0.604. The van der Waals surface area contributed by atoms with Gasteiger partial charge < -0.3 is 19.9 Å². The van der Waals surface area contributed by atoms with Crippen LogP contribution in [0.2, 0.25) is 0 Å². The van der Waals surface area contributed by atoms with Crippen LogP contribution in [0.5, 0.6) is 0 Å². The van der Waals surface area contributed by atoms with E-state index in [0.29, 0.717) is 19.4 Å². The standard InChI is InChI=1S/C36H33N7O/c44-35(21-28-12-8-9-19-37-28)40-33(20-27-23-39-32-16-7-5-14-30(27)32)36-42-41-34(43(36)24-25-10-2-1-3-11-25)18-17-26-22-38-31-15-6-4-13-29(26)31/h1-16,19,22-23,33,38-39H,17-18,20-21,24H2,(H,40,44)/t33-/m1/s1. The molecule has 1 atom stereocenters. The quantitative estimate of drug-likeness (QED) is 0.172. The number of para-hydroxylation sites is 2. The Morgan fingerprint density at radius 2 is 1.43 bits per heavy atom. The van der Waals surface area contributed by atoms with E-state index < -0.39 is 6.04 Å². The van der Waals surface area contributed by atoms with Gasteiger partial charge in [0.2, 0.25) is 5.91 Å². The van der Waals surface area contributed by atoms with Crippen molar-refractivity contribution in [3.63, 3.8) is 0 Å². The third-order valence-electron chi connectivity index (χ3n) is 8.15. The van der Waals surface area contributed by atoms with E-state index in [1.807, 2.05) is 60.8 Å². The summed E-state index contributed by atoms with van der Waals surface area (Å²) in [7, 11) is 0. The summed E-state index contributed by atoms with van der Waals surface area (Å²) in [6.07, 6.45) is 8.10. The molecular formula is C36H33N7O. The first-order valence-corrected chi connectivity index (χ1v) is 15.0. The van der Waals surface area contributed by atoms with Gasteiger partial charge in [-0.3, -0.25) is 9.78 Å². The monoisotopic (exact) mass is 579 g/mol. The van der Waals surface area contributed by atoms with Crippen LogP contribution in [-0.2, 0) is 37.0 Å². The molecule has 0 aliphatic heterocycles. The van der Waals surface area contributed by atoms with Crippen molar-refractivity contribution in [2.24, 2.45) is 0 Å². The number of fused-ring (bicyclic) bond motifs is 2. The summed E-state index contributed by atoms with van der Waals surface area (Å²) >= 11 is 0. The predicted molar refractivity (Wildman–Crippen MR) is 172 cm³/mol. The van der Waals surface area contributed by atoms with Crippen LogP contribution in [-0.4, -0.2) is 35.6 Å². The Kier molecular flexibility index (Phi) is 7.70. The minimum atomic E-state index is -0.400. The lowest BCUT2D eigenvalue weighted by Crippen LogP contribution is -2.33. The average Bonchev–Trinajstić information content (AvgIpc) is 3.78. The van der Waals surface area contributed by atoms with Gasteiger partial charge in [0.1, 0.15) is 5.82 Å². The third kappa shape index (κ3) is 5.87. The minimum absolute atomic E-state index is 0.108. The predicted octanol–water partition coefficient (Wildman–Crippen LogP) is 6.11. The fourth-order valence-electron chi connectivity index (χ4n) is 5.95. The molecule has 8 heteroatoms. The Balaban J connectivity index is 1.24. The van der Waals surface area contributed by atoms with Crippen molar-refractivity contribution in [2.75, 3.05) is 0 Å². The number of H-pyrrole nitrogens is 2. The van der Waals surface area contributed by atoms with Crippen LogP contribution < -0.4 is 5.32 Å². The Morgan fingerprint density at radius 3 is 2.18 bits per heavy atom. The SMILES string of the molecule is O=C(Cc1ccccn1)N[C@H](Cc1c[nH]c2ccccc12)c1nnc(CCc2c[nH]c3ccccc23)n1Cc1ccccc1. The van der Waals surface area contributed by atoms with Gasteiger partial charge in [-0.15, -0.1) is 10.2 Å². The molecule has 0 spiro atoms. The fraction of sp³-hybridized carbons (Fsp3) is 0.167. The van der Waals surface area contributed by atoms with Crippen LogP contribution in [0.1, 0.15) is 40.1 Å². The number of carbonyl (C=O) groups is 1. The molecule has 1 amide bonds. The van der Waals surface area contributed by atoms with Crippen molar-refractivity contribution in [2.45, 2.75) is 38.3 Å². The molecule has 3 N–H and O–H groups in total. The highest BCUT2D eigenvalue weighted by molar-refractivity contribution is 5.84. The molecule has 4 heterocycles. The second-order valence-electron chi connectivity index (χ2n) is 11.1. The first-order valence-electron chi connectivity index (χ1n) is 15.0. The highest BCUT2D eigenvalue weighted by Gasteiger charge is 2.25. The molecule has 0 bridgehead atoms. The number of aromatic amines is 2. The number of hydrogen-bond acceptors (Lipinski definition) is 4. The Bertz CT molecular complexity index is 2010. The van der Waals surface area contributed by atoms with Gasteiger partial charge in [0.15, 0.2) is 5.82 Å². The van der Waals surface area contributed by atoms with E-state index in [1.165, 1.54) is 10.9 Å². The number of nitrogens with one attached hydrogen (secondary N) is 3. The molecule has 0 radical (unpaired) electrons. The van der Waals surface area contributed by atoms with Gasteiger partial charge >= 0.3 is 0 Å². The number of amides is 1. The number of hydrogen-bond donors (Lipinski definition) is 3. The van der Waals surface area contributed by atoms with Crippen molar-refractivity contribution < 1.29 is 4.79 Å². The molecule has 0 saturated heterocycles. The van der Waals surface area contributed by atoms with E-state index in [-0.39, 0.29) is 12.3 Å². The van der Waals surface area contributed by atoms with Crippen molar-refractivity contribution in [3.05, 3.63) is 150 Å². The van der Waals surface area contributed by atoms with Crippen molar-refractivity contribution in [3.8, 4) is 0 Å². The normalized spacial score (nSPS) is 12.1. The maximum Gasteiger partial charge on any atom is 0.226 e. The highest BCUT2D eigenvalue weighted by atomic mass is 16.1. The summed E-state index contributed by atoms with van der Waals surface area (Å²) in [4.78, 5) is 24.6. The molecule has 0 fully saturated rings. The summed E-state index contributed by atoms with van der Waals surface area (Å²) in [5.41, 5.74) is 6.41. The average molecular weight is 580 g/mol. The molecule has 0 aliphatic carbocycles. The summed E-state index contributed by atoms with van der Waals surface area (Å²) in [5, 5.41) is 15.1. The second-order valence-corrected chi connectivity index (χ2v) is 11.1. The zero-order valence-electron chi connectivity index (χ0n) is 24.3. The molecule has 0 aliphatic rings. The number of nitrogens with zero attached hydrogens (tertiary/aromatic N) is 4. The third-order valence-corrected chi connectivity index (χ3v) is 8.15. The van der Waals surface area contributed by atoms with Crippen molar-refractivity contribution in [1.82, 2.24) is 35.0 Å². The van der Waals surface area contributed by atoms with Gasteiger partial charge in [-0.1, -0.05) is 72.8 Å². The zero-order chi connectivity index (χ0) is 29.7. The molecule has 7 aromatic rings. The van der Waals surface area contributed by atoms with Crippen molar-refractivity contribution in [1.29, 1.82) is 0 Å². The van der Waals surface area contributed by atoms with E-state index in [2.05, 4.69) is 73.5 Å². The molecule has 218 valence electrons. The van der Waals surface area contributed by atoms with Crippen LogP contribution in [0.15, 0.2) is 116 Å². The summed E-state index contributed by atoms with van der Waals surface area (Å²) in [5.74, 6) is 1.52. The molecule has 44 heavy (non-hydrogen) atoms. The van der Waals surface area contributed by atoms with E-state index in [0.717, 1.165) is 51.3 Å². The topological polar surface area (TPSA) is 104 Å². The van der Waals surface area contributed by atoms with E-state index in [4.69, 9.17) is 10.2 Å². The van der Waals surface area contributed by atoms with Gasteiger partial charge in [0.25, 0.3) is 0 Å². The van der Waals surface area contributed by atoms with E-state index in [9.17, 15) is 4.79 Å². The molecule has 4 aromatic heterocycles. The lowest BCUT2D eigenvalue weighted by molar-refractivity contribution is -0.121. The van der Waals surface area contributed by atoms with Gasteiger partial charge in [-0.2, -0.15) is 0 Å². The summed E-state index contributed by atoms with van der Waals surface area (Å²) < 4.78 is 2.19. The van der Waals surface area contributed by atoms with Crippen LogP contribution >= 0.6 is 0 Å². The lowest BCUT2D eigenvalue weighted by Gasteiger charge is -2.20. The Morgan fingerprint density at radius 1 is 0.750 bits per heavy atom. The minimum Gasteiger partial charge on any atom is -0.361 e. The maximum atomic E-state index is 13.5. The highest BCUT2D eigenvalue weighted by Crippen LogP contribution is 2.26. The van der Waals surface area contributed by atoms with Gasteiger partial charge in [0.05, 0.1) is 19.0 Å². The molecule has 0 saturated carbocycles. The number of benzene rings is 3. The molecule has 3 aromatic carbocycles. The van der Waals surface area contributed by atoms with Gasteiger partial charge in [0, 0.05) is 58.9 Å². The van der Waals surface area contributed by atoms with Crippen LogP contribution in [0, 0.1) is 0 Å². The van der Waals surface area contributed by atoms with E-state index in [1.54, 1.807) is 6.20 Å². The second kappa shape index (κ2) is 12.4. The number of aromatic nitrogens is 6. The van der Waals surface area contributed by atoms with E-state index >= 15 is 0 Å². The van der Waals surface area contributed by atoms with Gasteiger partial charge in [-0.05, 0) is 47.4 Å².